The van der Waals surface area contributed by atoms with Crippen molar-refractivity contribution in [3.63, 3.8) is 0 Å². The molecule has 0 fully saturated rings. The SMILES string of the molecule is C[Si]1(C)c2c(cc3c4c2CCCN4CCC3)C(=O)c2cc3c4c(c21)CCCN4CCC3. The van der Waals surface area contributed by atoms with Crippen LogP contribution in [0.4, 0.5) is 11.4 Å². The first-order chi connectivity index (χ1) is 15.1. The fraction of sp³-hybridized carbons (Fsp3) is 0.519. The van der Waals surface area contributed by atoms with E-state index in [1.165, 1.54) is 84.7 Å². The molecule has 7 rings (SSSR count). The van der Waals surface area contributed by atoms with Crippen LogP contribution in [0.15, 0.2) is 12.1 Å². The van der Waals surface area contributed by atoms with E-state index in [1.807, 2.05) is 0 Å². The first-order valence-corrected chi connectivity index (χ1v) is 15.5. The van der Waals surface area contributed by atoms with E-state index in [0.29, 0.717) is 5.78 Å². The highest BCUT2D eigenvalue weighted by Crippen LogP contribution is 2.41. The summed E-state index contributed by atoms with van der Waals surface area (Å²) >= 11 is 0. The van der Waals surface area contributed by atoms with Crippen LogP contribution in [-0.2, 0) is 25.7 Å². The molecular weight excluding hydrogens is 396 g/mol. The monoisotopic (exact) mass is 428 g/mol. The molecule has 5 heterocycles. The molecule has 5 aliphatic rings. The lowest BCUT2D eigenvalue weighted by molar-refractivity contribution is 0.103. The van der Waals surface area contributed by atoms with Gasteiger partial charge in [0.25, 0.3) is 0 Å². The molecule has 0 saturated carbocycles. The van der Waals surface area contributed by atoms with E-state index in [2.05, 4.69) is 35.0 Å². The Morgan fingerprint density at radius 2 is 1.10 bits per heavy atom. The standard InChI is InChI=1S/C27H32N2OSi/c1-31(2)26-19-9-5-13-28-11-3-7-17(23(19)28)15-21(26)25(30)22-16-18-8-4-12-29-14-6-10-20(24(18)29)27(22)31/h15-16H,3-14H2,1-2H3. The Kier molecular flexibility index (Phi) is 3.73. The molecule has 0 bridgehead atoms. The number of benzene rings is 2. The van der Waals surface area contributed by atoms with Crippen LogP contribution in [0.3, 0.4) is 0 Å². The number of rotatable bonds is 0. The number of anilines is 2. The molecule has 0 amide bonds. The van der Waals surface area contributed by atoms with Crippen LogP contribution in [0.1, 0.15) is 63.9 Å². The van der Waals surface area contributed by atoms with Gasteiger partial charge in [0.2, 0.25) is 0 Å². The zero-order chi connectivity index (χ0) is 20.9. The number of nitrogens with zero attached hydrogens (tertiary/aromatic N) is 2. The van der Waals surface area contributed by atoms with Crippen molar-refractivity contribution >= 4 is 35.6 Å². The van der Waals surface area contributed by atoms with Gasteiger partial charge in [-0.25, -0.2) is 0 Å². The molecule has 0 radical (unpaired) electrons. The van der Waals surface area contributed by atoms with Crippen LogP contribution in [0.2, 0.25) is 13.1 Å². The molecular formula is C27H32N2OSi. The largest absolute Gasteiger partial charge is 0.371 e. The molecule has 0 unspecified atom stereocenters. The molecule has 0 atom stereocenters. The van der Waals surface area contributed by atoms with Crippen molar-refractivity contribution in [1.29, 1.82) is 0 Å². The molecule has 2 aromatic rings. The van der Waals surface area contributed by atoms with Crippen LogP contribution in [-0.4, -0.2) is 40.0 Å². The van der Waals surface area contributed by atoms with Crippen LogP contribution >= 0.6 is 0 Å². The van der Waals surface area contributed by atoms with Crippen molar-refractivity contribution in [2.45, 2.75) is 64.5 Å². The Morgan fingerprint density at radius 3 is 1.55 bits per heavy atom. The second-order valence-corrected chi connectivity index (χ2v) is 15.2. The van der Waals surface area contributed by atoms with Crippen molar-refractivity contribution in [3.8, 4) is 0 Å². The van der Waals surface area contributed by atoms with Gasteiger partial charge in [0, 0.05) is 48.7 Å². The molecule has 160 valence electrons. The minimum atomic E-state index is -1.99. The normalized spacial score (nSPS) is 22.5. The average molecular weight is 429 g/mol. The highest BCUT2D eigenvalue weighted by Gasteiger charge is 2.46. The van der Waals surface area contributed by atoms with E-state index in [-0.39, 0.29) is 0 Å². The van der Waals surface area contributed by atoms with Gasteiger partial charge in [-0.1, -0.05) is 13.1 Å². The highest BCUT2D eigenvalue weighted by atomic mass is 28.3. The van der Waals surface area contributed by atoms with Crippen LogP contribution in [0.25, 0.3) is 0 Å². The summed E-state index contributed by atoms with van der Waals surface area (Å²) in [5, 5.41) is 3.00. The van der Waals surface area contributed by atoms with Crippen LogP contribution in [0.5, 0.6) is 0 Å². The van der Waals surface area contributed by atoms with E-state index < -0.39 is 8.07 Å². The maximum Gasteiger partial charge on any atom is 0.192 e. The Balaban J connectivity index is 1.54. The third-order valence-corrected chi connectivity index (χ3v) is 12.4. The number of hydrogen-bond acceptors (Lipinski definition) is 3. The van der Waals surface area contributed by atoms with E-state index in [0.717, 1.165) is 36.8 Å². The summed E-state index contributed by atoms with van der Waals surface area (Å²) in [6.07, 6.45) is 9.52. The number of fused-ring (bicyclic) bond motifs is 4. The number of carbonyl (C=O) groups is 1. The molecule has 4 heteroatoms. The molecule has 5 aliphatic heterocycles. The summed E-state index contributed by atoms with van der Waals surface area (Å²) in [4.78, 5) is 19.4. The number of ketones is 1. The van der Waals surface area contributed by atoms with E-state index in [4.69, 9.17) is 0 Å². The Bertz CT molecular complexity index is 1070. The summed E-state index contributed by atoms with van der Waals surface area (Å²) in [6, 6.07) is 4.67. The lowest BCUT2D eigenvalue weighted by atomic mass is 9.85. The molecule has 3 nitrogen and oxygen atoms in total. The van der Waals surface area contributed by atoms with Gasteiger partial charge >= 0.3 is 0 Å². The lowest BCUT2D eigenvalue weighted by Gasteiger charge is -2.45. The van der Waals surface area contributed by atoms with Crippen molar-refractivity contribution in [1.82, 2.24) is 0 Å². The maximum absolute atomic E-state index is 14.1. The van der Waals surface area contributed by atoms with Crippen LogP contribution < -0.4 is 20.2 Å². The minimum absolute atomic E-state index is 0.334. The smallest absolute Gasteiger partial charge is 0.192 e. The first kappa shape index (κ1) is 18.5. The molecule has 0 aliphatic carbocycles. The predicted molar refractivity (Wildman–Crippen MR) is 131 cm³/mol. The molecule has 0 N–H and O–H groups in total. The Labute approximate surface area is 186 Å². The molecule has 31 heavy (non-hydrogen) atoms. The van der Waals surface area contributed by atoms with E-state index >= 15 is 0 Å². The first-order valence-electron chi connectivity index (χ1n) is 12.5. The number of hydrogen-bond donors (Lipinski definition) is 0. The third-order valence-electron chi connectivity index (χ3n) is 8.79. The van der Waals surface area contributed by atoms with Gasteiger partial charge in [0.15, 0.2) is 5.78 Å². The zero-order valence-corrected chi connectivity index (χ0v) is 19.9. The fourth-order valence-corrected chi connectivity index (χ4v) is 11.7. The van der Waals surface area contributed by atoms with Gasteiger partial charge in [-0.05, 0) is 96.1 Å². The minimum Gasteiger partial charge on any atom is -0.371 e. The average Bonchev–Trinajstić information content (AvgIpc) is 2.78. The van der Waals surface area contributed by atoms with Crippen molar-refractivity contribution in [3.05, 3.63) is 45.5 Å². The van der Waals surface area contributed by atoms with Gasteiger partial charge in [-0.15, -0.1) is 0 Å². The summed E-state index contributed by atoms with van der Waals surface area (Å²) in [6.45, 7) is 9.87. The Hall–Kier alpha value is -2.07. The Morgan fingerprint density at radius 1 is 0.677 bits per heavy atom. The maximum atomic E-state index is 14.1. The quantitative estimate of drug-likeness (QED) is 0.601. The highest BCUT2D eigenvalue weighted by molar-refractivity contribution is 7.03. The predicted octanol–water partition coefficient (Wildman–Crippen LogP) is 3.45. The molecule has 0 aromatic heterocycles. The second-order valence-electron chi connectivity index (χ2n) is 10.9. The summed E-state index contributed by atoms with van der Waals surface area (Å²) in [5.74, 6) is 0.334. The summed E-state index contributed by atoms with van der Waals surface area (Å²) < 4.78 is 0. The zero-order valence-electron chi connectivity index (χ0n) is 18.9. The molecule has 2 aromatic carbocycles. The molecule has 0 spiro atoms. The van der Waals surface area contributed by atoms with Crippen LogP contribution in [0, 0.1) is 0 Å². The van der Waals surface area contributed by atoms with Gasteiger partial charge < -0.3 is 9.80 Å². The number of aryl methyl sites for hydroxylation is 2. The topological polar surface area (TPSA) is 23.6 Å². The van der Waals surface area contributed by atoms with Gasteiger partial charge in [-0.2, -0.15) is 0 Å². The number of carbonyl (C=O) groups excluding carboxylic acids is 1. The third kappa shape index (κ3) is 2.32. The van der Waals surface area contributed by atoms with Gasteiger partial charge in [-0.3, -0.25) is 4.79 Å². The van der Waals surface area contributed by atoms with E-state index in [9.17, 15) is 4.79 Å². The summed E-state index contributed by atoms with van der Waals surface area (Å²) in [7, 11) is -1.99. The van der Waals surface area contributed by atoms with Gasteiger partial charge in [0.1, 0.15) is 8.07 Å². The van der Waals surface area contributed by atoms with Crippen molar-refractivity contribution in [2.24, 2.45) is 0 Å². The van der Waals surface area contributed by atoms with Crippen molar-refractivity contribution in [2.75, 3.05) is 36.0 Å². The summed E-state index contributed by atoms with van der Waals surface area (Å²) in [5.41, 5.74) is 11.2. The van der Waals surface area contributed by atoms with E-state index in [1.54, 1.807) is 11.1 Å². The second kappa shape index (κ2) is 6.25. The van der Waals surface area contributed by atoms with Gasteiger partial charge in [0.05, 0.1) is 0 Å². The van der Waals surface area contributed by atoms with Crippen molar-refractivity contribution < 1.29 is 4.79 Å². The lowest BCUT2D eigenvalue weighted by Crippen LogP contribution is -2.63. The fourth-order valence-electron chi connectivity index (χ4n) is 7.78. The molecule has 0 saturated heterocycles.